The lowest BCUT2D eigenvalue weighted by molar-refractivity contribution is -0.109. The third-order valence-electron chi connectivity index (χ3n) is 2.26. The highest BCUT2D eigenvalue weighted by molar-refractivity contribution is 5.45. The highest BCUT2D eigenvalue weighted by Crippen LogP contribution is 2.07. The van der Waals surface area contributed by atoms with Gasteiger partial charge < -0.3 is 5.32 Å². The molecule has 0 spiro atoms. The van der Waals surface area contributed by atoms with E-state index in [4.69, 9.17) is 0 Å². The fourth-order valence-corrected chi connectivity index (χ4v) is 1.42. The Morgan fingerprint density at radius 1 is 1.00 bits per heavy atom. The fourth-order valence-electron chi connectivity index (χ4n) is 1.42. The second-order valence-electron chi connectivity index (χ2n) is 3.55. The minimum atomic E-state index is 0. The number of hydrogen-bond acceptors (Lipinski definition) is 1. The number of rotatable bonds is 10. The summed E-state index contributed by atoms with van der Waals surface area (Å²) in [6.45, 7) is 3.09. The quantitative estimate of drug-likeness (QED) is 0.413. The molecule has 0 aromatic rings. The van der Waals surface area contributed by atoms with Crippen LogP contribution in [0.15, 0.2) is 0 Å². The van der Waals surface area contributed by atoms with Gasteiger partial charge in [-0.1, -0.05) is 51.9 Å². The maximum Gasteiger partial charge on any atom is 0.207 e. The van der Waals surface area contributed by atoms with Crippen LogP contribution in [0.1, 0.15) is 59.7 Å². The molecule has 2 nitrogen and oxygen atoms in total. The molecule has 0 radical (unpaired) electrons. The Morgan fingerprint density at radius 3 is 2.08 bits per heavy atom. The molecular weight excluding hydrogens is 162 g/mol. The van der Waals surface area contributed by atoms with E-state index in [-0.39, 0.29) is 1.43 Å². The molecule has 0 rings (SSSR count). The van der Waals surface area contributed by atoms with Gasteiger partial charge in [-0.25, -0.2) is 0 Å². The first-order valence-corrected chi connectivity index (χ1v) is 5.59. The number of nitrogens with one attached hydrogen (secondary N) is 1. The third kappa shape index (κ3) is 11.5. The first-order chi connectivity index (χ1) is 6.41. The summed E-state index contributed by atoms with van der Waals surface area (Å²) < 4.78 is 0. The highest BCUT2D eigenvalue weighted by Gasteiger charge is 1.90. The summed E-state index contributed by atoms with van der Waals surface area (Å²) in [5.74, 6) is 0. The van der Waals surface area contributed by atoms with E-state index in [0.29, 0.717) is 0 Å². The van der Waals surface area contributed by atoms with Gasteiger partial charge >= 0.3 is 0 Å². The number of unbranched alkanes of at least 4 members (excludes halogenated alkanes) is 7. The lowest BCUT2D eigenvalue weighted by atomic mass is 10.1. The van der Waals surface area contributed by atoms with Crippen molar-refractivity contribution < 1.29 is 6.22 Å². The maximum absolute atomic E-state index is 9.90. The standard InChI is InChI=1S/C11H23NO.H2/c1-2-3-4-5-6-7-8-9-10-12-11-13;/h11H,2-10H2,1H3,(H,12,13);1H. The van der Waals surface area contributed by atoms with Crippen molar-refractivity contribution in [3.63, 3.8) is 0 Å². The topological polar surface area (TPSA) is 29.1 Å². The van der Waals surface area contributed by atoms with E-state index < -0.39 is 0 Å². The Morgan fingerprint density at radius 2 is 1.54 bits per heavy atom. The zero-order chi connectivity index (χ0) is 9.78. The smallest absolute Gasteiger partial charge is 0.207 e. The van der Waals surface area contributed by atoms with Gasteiger partial charge in [-0.05, 0) is 6.42 Å². The Balaban J connectivity index is 0. The second-order valence-corrected chi connectivity index (χ2v) is 3.55. The molecule has 0 saturated heterocycles. The molecule has 0 bridgehead atoms. The molecule has 2 heteroatoms. The van der Waals surface area contributed by atoms with Crippen LogP contribution in [0.3, 0.4) is 0 Å². The molecule has 0 fully saturated rings. The predicted molar refractivity (Wildman–Crippen MR) is 58.8 cm³/mol. The Hall–Kier alpha value is -0.530. The molecule has 0 aromatic heterocycles. The minimum Gasteiger partial charge on any atom is -0.359 e. The molecule has 0 aromatic carbocycles. The summed E-state index contributed by atoms with van der Waals surface area (Å²) >= 11 is 0. The summed E-state index contributed by atoms with van der Waals surface area (Å²) in [6, 6.07) is 0. The van der Waals surface area contributed by atoms with Crippen LogP contribution in [0.2, 0.25) is 0 Å². The predicted octanol–water partition coefficient (Wildman–Crippen LogP) is 3.12. The van der Waals surface area contributed by atoms with Crippen molar-refractivity contribution in [2.75, 3.05) is 6.54 Å². The van der Waals surface area contributed by atoms with E-state index in [2.05, 4.69) is 12.2 Å². The zero-order valence-electron chi connectivity index (χ0n) is 8.85. The van der Waals surface area contributed by atoms with E-state index in [1.165, 1.54) is 44.9 Å². The van der Waals surface area contributed by atoms with Crippen molar-refractivity contribution in [1.82, 2.24) is 5.32 Å². The highest BCUT2D eigenvalue weighted by atomic mass is 16.1. The monoisotopic (exact) mass is 187 g/mol. The lowest BCUT2D eigenvalue weighted by Gasteiger charge is -2.00. The van der Waals surface area contributed by atoms with Crippen molar-refractivity contribution in [3.05, 3.63) is 0 Å². The normalized spacial score (nSPS) is 9.92. The second kappa shape index (κ2) is 11.5. The Kier molecular flexibility index (Phi) is 11.0. The lowest BCUT2D eigenvalue weighted by Crippen LogP contribution is -2.11. The maximum atomic E-state index is 9.90. The van der Waals surface area contributed by atoms with Crippen molar-refractivity contribution in [3.8, 4) is 0 Å². The van der Waals surface area contributed by atoms with Gasteiger partial charge in [0.25, 0.3) is 0 Å². The van der Waals surface area contributed by atoms with E-state index in [1.807, 2.05) is 0 Å². The number of carbonyl (C=O) groups excluding carboxylic acids is 1. The van der Waals surface area contributed by atoms with Crippen LogP contribution in [0.25, 0.3) is 0 Å². The summed E-state index contributed by atoms with van der Waals surface area (Å²) in [5.41, 5.74) is 0. The summed E-state index contributed by atoms with van der Waals surface area (Å²) in [7, 11) is 0. The van der Waals surface area contributed by atoms with Gasteiger partial charge in [0.2, 0.25) is 6.41 Å². The molecule has 0 heterocycles. The fraction of sp³-hybridized carbons (Fsp3) is 0.909. The van der Waals surface area contributed by atoms with Crippen LogP contribution in [0.5, 0.6) is 0 Å². The summed E-state index contributed by atoms with van der Waals surface area (Å²) in [6.07, 6.45) is 11.3. The minimum absolute atomic E-state index is 0. The molecule has 0 atom stereocenters. The largest absolute Gasteiger partial charge is 0.359 e. The van der Waals surface area contributed by atoms with E-state index in [0.717, 1.165) is 19.4 Å². The zero-order valence-corrected chi connectivity index (χ0v) is 8.85. The van der Waals surface area contributed by atoms with Crippen molar-refractivity contribution >= 4 is 6.41 Å². The van der Waals surface area contributed by atoms with Gasteiger partial charge in [0, 0.05) is 7.97 Å². The van der Waals surface area contributed by atoms with Crippen molar-refractivity contribution in [2.24, 2.45) is 0 Å². The van der Waals surface area contributed by atoms with E-state index in [9.17, 15) is 4.79 Å². The summed E-state index contributed by atoms with van der Waals surface area (Å²) in [5, 5.41) is 2.68. The molecule has 0 aliphatic heterocycles. The van der Waals surface area contributed by atoms with Crippen molar-refractivity contribution in [2.45, 2.75) is 58.3 Å². The molecule has 0 saturated carbocycles. The van der Waals surface area contributed by atoms with Crippen LogP contribution in [-0.2, 0) is 4.79 Å². The molecule has 0 aliphatic carbocycles. The summed E-state index contributed by atoms with van der Waals surface area (Å²) in [4.78, 5) is 9.90. The van der Waals surface area contributed by atoms with Crippen molar-refractivity contribution in [1.29, 1.82) is 0 Å². The van der Waals surface area contributed by atoms with Gasteiger partial charge in [-0.2, -0.15) is 0 Å². The molecule has 1 amide bonds. The average molecular weight is 187 g/mol. The van der Waals surface area contributed by atoms with Gasteiger partial charge in [0.15, 0.2) is 0 Å². The molecule has 1 N–H and O–H groups in total. The van der Waals surface area contributed by atoms with E-state index >= 15 is 0 Å². The number of hydrogen-bond donors (Lipinski definition) is 1. The first-order valence-electron chi connectivity index (χ1n) is 5.59. The number of carbonyl (C=O) groups is 1. The molecule has 0 aliphatic rings. The molecule has 13 heavy (non-hydrogen) atoms. The first kappa shape index (κ1) is 12.5. The molecule has 80 valence electrons. The Labute approximate surface area is 83.6 Å². The SMILES string of the molecule is CCCCCCCCCCNC=O.[HH]. The van der Waals surface area contributed by atoms with Crippen LogP contribution >= 0.6 is 0 Å². The van der Waals surface area contributed by atoms with Gasteiger partial charge in [-0.15, -0.1) is 0 Å². The van der Waals surface area contributed by atoms with Gasteiger partial charge in [0.1, 0.15) is 0 Å². The molecular formula is C11H25NO. The Bertz CT molecular complexity index is 109. The average Bonchev–Trinajstić information content (AvgIpc) is 2.16. The van der Waals surface area contributed by atoms with Gasteiger partial charge in [-0.3, -0.25) is 4.79 Å². The van der Waals surface area contributed by atoms with Gasteiger partial charge in [0.05, 0.1) is 0 Å². The van der Waals surface area contributed by atoms with Crippen LogP contribution in [0.4, 0.5) is 0 Å². The third-order valence-corrected chi connectivity index (χ3v) is 2.26. The number of amides is 1. The van der Waals surface area contributed by atoms with Crippen LogP contribution in [-0.4, -0.2) is 13.0 Å². The van der Waals surface area contributed by atoms with Crippen LogP contribution in [0, 0.1) is 0 Å². The van der Waals surface area contributed by atoms with E-state index in [1.54, 1.807) is 0 Å². The van der Waals surface area contributed by atoms with Crippen LogP contribution < -0.4 is 5.32 Å². The molecule has 0 unspecified atom stereocenters.